The molecule has 1 N–H and O–H groups in total. The smallest absolute Gasteiger partial charge is 0.221 e. The maximum atomic E-state index is 13.1. The lowest BCUT2D eigenvalue weighted by Gasteiger charge is -2.18. The number of halogens is 1. The number of rotatable bonds is 6. The minimum absolute atomic E-state index is 0.0298. The van der Waals surface area contributed by atoms with E-state index in [4.69, 9.17) is 0 Å². The van der Waals surface area contributed by atoms with Crippen LogP contribution < -0.4 is 5.32 Å². The molecule has 1 atom stereocenters. The molecular formula is C26H25FN2O. The summed E-state index contributed by atoms with van der Waals surface area (Å²) in [5.41, 5.74) is 5.48. The molecule has 0 saturated carbocycles. The van der Waals surface area contributed by atoms with E-state index in [1.54, 1.807) is 12.1 Å². The van der Waals surface area contributed by atoms with Crippen LogP contribution in [0.25, 0.3) is 10.9 Å². The Hall–Kier alpha value is -3.40. The number of amides is 1. The molecule has 1 amide bonds. The molecule has 0 radical (unpaired) electrons. The number of nitrogens with one attached hydrogen (secondary N) is 1. The molecule has 1 aromatic heterocycles. The molecule has 4 heteroatoms. The summed E-state index contributed by atoms with van der Waals surface area (Å²) in [5, 5.41) is 4.15. The minimum atomic E-state index is -0.277. The van der Waals surface area contributed by atoms with Crippen molar-refractivity contribution >= 4 is 16.8 Å². The van der Waals surface area contributed by atoms with Gasteiger partial charge in [0.15, 0.2) is 0 Å². The van der Waals surface area contributed by atoms with E-state index >= 15 is 0 Å². The topological polar surface area (TPSA) is 34.0 Å². The van der Waals surface area contributed by atoms with E-state index in [1.165, 1.54) is 17.7 Å². The highest BCUT2D eigenvalue weighted by Gasteiger charge is 2.22. The zero-order chi connectivity index (χ0) is 21.1. The lowest BCUT2D eigenvalue weighted by molar-refractivity contribution is -0.121. The summed E-state index contributed by atoms with van der Waals surface area (Å²) in [6.45, 7) is 2.45. The lowest BCUT2D eigenvalue weighted by atomic mass is 9.87. The molecule has 1 heterocycles. The van der Waals surface area contributed by atoms with Crippen LogP contribution >= 0.6 is 0 Å². The predicted molar refractivity (Wildman–Crippen MR) is 119 cm³/mol. The highest BCUT2D eigenvalue weighted by Crippen LogP contribution is 2.34. The van der Waals surface area contributed by atoms with Crippen molar-refractivity contribution in [2.24, 2.45) is 7.05 Å². The van der Waals surface area contributed by atoms with Gasteiger partial charge in [0.25, 0.3) is 0 Å². The Balaban J connectivity index is 1.61. The molecule has 0 aliphatic carbocycles. The van der Waals surface area contributed by atoms with Crippen LogP contribution in [0.2, 0.25) is 0 Å². The molecule has 0 spiro atoms. The average Bonchev–Trinajstić information content (AvgIpc) is 3.09. The molecule has 3 aromatic carbocycles. The van der Waals surface area contributed by atoms with Crippen LogP contribution in [0, 0.1) is 12.7 Å². The maximum Gasteiger partial charge on any atom is 0.221 e. The third-order valence-electron chi connectivity index (χ3n) is 5.58. The predicted octanol–water partition coefficient (Wildman–Crippen LogP) is 5.46. The number of carbonyl (C=O) groups is 1. The summed E-state index contributed by atoms with van der Waals surface area (Å²) in [6, 6.07) is 22.9. The van der Waals surface area contributed by atoms with Crippen LogP contribution in [-0.4, -0.2) is 10.5 Å². The zero-order valence-electron chi connectivity index (χ0n) is 17.2. The molecular weight excluding hydrogens is 375 g/mol. The Kier molecular flexibility index (Phi) is 5.66. The van der Waals surface area contributed by atoms with Gasteiger partial charge in [0.05, 0.1) is 0 Å². The van der Waals surface area contributed by atoms with E-state index in [-0.39, 0.29) is 17.6 Å². The van der Waals surface area contributed by atoms with Crippen LogP contribution in [0.1, 0.15) is 34.6 Å². The summed E-state index contributed by atoms with van der Waals surface area (Å²) in [5.74, 6) is -0.358. The van der Waals surface area contributed by atoms with Gasteiger partial charge >= 0.3 is 0 Å². The van der Waals surface area contributed by atoms with Gasteiger partial charge < -0.3 is 9.88 Å². The van der Waals surface area contributed by atoms with Crippen molar-refractivity contribution in [2.75, 3.05) is 0 Å². The molecule has 4 aromatic rings. The van der Waals surface area contributed by atoms with E-state index in [0.29, 0.717) is 13.0 Å². The highest BCUT2D eigenvalue weighted by molar-refractivity contribution is 5.86. The number of carbonyl (C=O) groups excluding carboxylic acids is 1. The van der Waals surface area contributed by atoms with Crippen molar-refractivity contribution in [3.05, 3.63) is 107 Å². The number of fused-ring (bicyclic) bond motifs is 1. The Bertz CT molecular complexity index is 1160. The fraction of sp³-hybridized carbons (Fsp3) is 0.192. The first-order chi connectivity index (χ1) is 14.5. The molecule has 1 unspecified atom stereocenters. The summed E-state index contributed by atoms with van der Waals surface area (Å²) in [4.78, 5) is 12.9. The summed E-state index contributed by atoms with van der Waals surface area (Å²) < 4.78 is 15.2. The number of hydrogen-bond donors (Lipinski definition) is 1. The van der Waals surface area contributed by atoms with Gasteiger partial charge in [-0.1, -0.05) is 60.2 Å². The largest absolute Gasteiger partial charge is 0.352 e. The first kappa shape index (κ1) is 19.9. The molecule has 0 aliphatic heterocycles. The van der Waals surface area contributed by atoms with E-state index in [9.17, 15) is 9.18 Å². The van der Waals surface area contributed by atoms with E-state index in [1.807, 2.05) is 19.2 Å². The van der Waals surface area contributed by atoms with Crippen molar-refractivity contribution < 1.29 is 9.18 Å². The summed E-state index contributed by atoms with van der Waals surface area (Å²) >= 11 is 0. The summed E-state index contributed by atoms with van der Waals surface area (Å²) in [7, 11) is 2.03. The van der Waals surface area contributed by atoms with Gasteiger partial charge in [-0.3, -0.25) is 4.79 Å². The monoisotopic (exact) mass is 400 g/mol. The van der Waals surface area contributed by atoms with Crippen molar-refractivity contribution in [1.29, 1.82) is 0 Å². The number of hydrogen-bond acceptors (Lipinski definition) is 1. The van der Waals surface area contributed by atoms with Gasteiger partial charge in [0.1, 0.15) is 5.82 Å². The molecule has 30 heavy (non-hydrogen) atoms. The number of aryl methyl sites for hydroxylation is 2. The Morgan fingerprint density at radius 3 is 2.43 bits per heavy atom. The molecule has 0 saturated heterocycles. The highest BCUT2D eigenvalue weighted by atomic mass is 19.1. The maximum absolute atomic E-state index is 13.1. The normalized spacial score (nSPS) is 12.1. The quantitative estimate of drug-likeness (QED) is 0.458. The van der Waals surface area contributed by atoms with Crippen LogP contribution in [0.5, 0.6) is 0 Å². The van der Waals surface area contributed by atoms with Crippen molar-refractivity contribution in [2.45, 2.75) is 25.8 Å². The SMILES string of the molecule is Cc1ccc(C(CC(=O)NCc2ccc(F)cc2)c2cn(C)c3ccccc23)cc1. The van der Waals surface area contributed by atoms with E-state index < -0.39 is 0 Å². The molecule has 3 nitrogen and oxygen atoms in total. The molecule has 4 rings (SSSR count). The number of para-hydroxylation sites is 1. The standard InChI is InChI=1S/C26H25FN2O/c1-18-7-11-20(12-8-18)23(24-17-29(2)25-6-4-3-5-22(24)25)15-26(30)28-16-19-9-13-21(27)14-10-19/h3-14,17,23H,15-16H2,1-2H3,(H,28,30). The first-order valence-electron chi connectivity index (χ1n) is 10.1. The second kappa shape index (κ2) is 8.54. The van der Waals surface area contributed by atoms with Gasteiger partial charge in [-0.15, -0.1) is 0 Å². The fourth-order valence-corrected chi connectivity index (χ4v) is 3.92. The van der Waals surface area contributed by atoms with Gasteiger partial charge in [0.2, 0.25) is 5.91 Å². The second-order valence-electron chi connectivity index (χ2n) is 7.78. The molecule has 0 bridgehead atoms. The fourth-order valence-electron chi connectivity index (χ4n) is 3.92. The van der Waals surface area contributed by atoms with Crippen LogP contribution in [0.3, 0.4) is 0 Å². The lowest BCUT2D eigenvalue weighted by Crippen LogP contribution is -2.25. The van der Waals surface area contributed by atoms with E-state index in [0.717, 1.165) is 27.6 Å². The third-order valence-corrected chi connectivity index (χ3v) is 5.58. The Morgan fingerprint density at radius 2 is 1.70 bits per heavy atom. The molecule has 0 fully saturated rings. The van der Waals surface area contributed by atoms with Crippen LogP contribution in [0.4, 0.5) is 4.39 Å². The van der Waals surface area contributed by atoms with Gasteiger partial charge in [-0.25, -0.2) is 4.39 Å². The molecule has 0 aliphatic rings. The van der Waals surface area contributed by atoms with Crippen molar-refractivity contribution in [1.82, 2.24) is 9.88 Å². The van der Waals surface area contributed by atoms with Gasteiger partial charge in [-0.05, 0) is 41.8 Å². The van der Waals surface area contributed by atoms with Crippen molar-refractivity contribution in [3.63, 3.8) is 0 Å². The van der Waals surface area contributed by atoms with Crippen molar-refractivity contribution in [3.8, 4) is 0 Å². The van der Waals surface area contributed by atoms with Crippen LogP contribution in [0.15, 0.2) is 79.0 Å². The third kappa shape index (κ3) is 4.28. The molecule has 152 valence electrons. The number of benzene rings is 3. The second-order valence-corrected chi connectivity index (χ2v) is 7.78. The number of aromatic nitrogens is 1. The van der Waals surface area contributed by atoms with E-state index in [2.05, 4.69) is 59.4 Å². The number of nitrogens with zero attached hydrogens (tertiary/aromatic N) is 1. The zero-order valence-corrected chi connectivity index (χ0v) is 17.2. The average molecular weight is 400 g/mol. The Morgan fingerprint density at radius 1 is 1.00 bits per heavy atom. The minimum Gasteiger partial charge on any atom is -0.352 e. The Labute approximate surface area is 176 Å². The van der Waals surface area contributed by atoms with Gasteiger partial charge in [0, 0.05) is 43.0 Å². The first-order valence-corrected chi connectivity index (χ1v) is 10.1. The van der Waals surface area contributed by atoms with Gasteiger partial charge in [-0.2, -0.15) is 0 Å². The van der Waals surface area contributed by atoms with Crippen LogP contribution in [-0.2, 0) is 18.4 Å². The summed E-state index contributed by atoms with van der Waals surface area (Å²) in [6.07, 6.45) is 2.47.